The summed E-state index contributed by atoms with van der Waals surface area (Å²) in [6.07, 6.45) is 5.11. The van der Waals surface area contributed by atoms with E-state index in [2.05, 4.69) is 30.2 Å². The van der Waals surface area contributed by atoms with Crippen LogP contribution in [-0.4, -0.2) is 37.3 Å². The number of rotatable bonds is 5. The number of nitrogens with one attached hydrogen (secondary N) is 1. The van der Waals surface area contributed by atoms with E-state index in [9.17, 15) is 4.79 Å². The van der Waals surface area contributed by atoms with Gasteiger partial charge in [-0.05, 0) is 38.4 Å². The fourth-order valence-corrected chi connectivity index (χ4v) is 4.01. The Morgan fingerprint density at radius 3 is 3.00 bits per heavy atom. The number of amides is 1. The van der Waals surface area contributed by atoms with E-state index < -0.39 is 0 Å². The van der Waals surface area contributed by atoms with Crippen molar-refractivity contribution in [3.05, 3.63) is 64.3 Å². The molecule has 0 bridgehead atoms. The molecule has 144 valence electrons. The second kappa shape index (κ2) is 8.53. The van der Waals surface area contributed by atoms with Crippen LogP contribution in [0.1, 0.15) is 53.0 Å². The van der Waals surface area contributed by atoms with Gasteiger partial charge in [0.2, 0.25) is 0 Å². The molecule has 4 rings (SSSR count). The summed E-state index contributed by atoms with van der Waals surface area (Å²) in [5, 5.41) is 4.57. The molecule has 1 aliphatic rings. The quantitative estimate of drug-likeness (QED) is 0.712. The van der Waals surface area contributed by atoms with Gasteiger partial charge in [0.15, 0.2) is 0 Å². The van der Waals surface area contributed by atoms with E-state index in [0.29, 0.717) is 11.5 Å². The molecule has 0 radical (unpaired) electrons. The van der Waals surface area contributed by atoms with E-state index in [1.807, 2.05) is 31.3 Å². The normalized spacial score (nSPS) is 17.4. The molecule has 1 saturated heterocycles. The molecule has 8 heteroatoms. The van der Waals surface area contributed by atoms with Crippen LogP contribution in [0.15, 0.2) is 41.4 Å². The predicted molar refractivity (Wildman–Crippen MR) is 108 cm³/mol. The van der Waals surface area contributed by atoms with Crippen molar-refractivity contribution in [1.29, 1.82) is 0 Å². The first-order valence-electron chi connectivity index (χ1n) is 9.38. The molecular weight excluding hydrogens is 372 g/mol. The molecule has 0 aromatic carbocycles. The lowest BCUT2D eigenvalue weighted by Gasteiger charge is -2.34. The van der Waals surface area contributed by atoms with Gasteiger partial charge in [-0.3, -0.25) is 14.7 Å². The van der Waals surface area contributed by atoms with Gasteiger partial charge < -0.3 is 5.32 Å². The van der Waals surface area contributed by atoms with Gasteiger partial charge in [0.05, 0.1) is 17.2 Å². The molecule has 28 heavy (non-hydrogen) atoms. The van der Waals surface area contributed by atoms with Gasteiger partial charge in [0.1, 0.15) is 17.3 Å². The molecule has 1 aliphatic heterocycles. The minimum absolute atomic E-state index is 0.116. The number of piperidine rings is 1. The van der Waals surface area contributed by atoms with Crippen molar-refractivity contribution >= 4 is 23.1 Å². The second-order valence-corrected chi connectivity index (χ2v) is 7.60. The molecular formula is C20H22N6OS. The summed E-state index contributed by atoms with van der Waals surface area (Å²) in [6.45, 7) is 3.68. The second-order valence-electron chi connectivity index (χ2n) is 6.88. The van der Waals surface area contributed by atoms with Gasteiger partial charge in [0.25, 0.3) is 5.91 Å². The number of carbonyl (C=O) groups is 1. The number of nitrogens with zero attached hydrogens (tertiary/aromatic N) is 5. The van der Waals surface area contributed by atoms with Crippen LogP contribution in [0.25, 0.3) is 0 Å². The maximum absolute atomic E-state index is 12.3. The van der Waals surface area contributed by atoms with E-state index >= 15 is 0 Å². The molecule has 0 aliphatic carbocycles. The van der Waals surface area contributed by atoms with Crippen molar-refractivity contribution in [3.8, 4) is 0 Å². The fourth-order valence-electron chi connectivity index (χ4n) is 3.48. The van der Waals surface area contributed by atoms with Crippen molar-refractivity contribution < 1.29 is 4.79 Å². The van der Waals surface area contributed by atoms with Crippen LogP contribution in [0.2, 0.25) is 0 Å². The lowest BCUT2D eigenvalue weighted by molar-refractivity contribution is 0.102. The number of likely N-dealkylation sites (tertiary alicyclic amines) is 1. The highest BCUT2D eigenvalue weighted by atomic mass is 32.1. The number of carbonyl (C=O) groups excluding carboxylic acids is 1. The van der Waals surface area contributed by atoms with Gasteiger partial charge in [-0.1, -0.05) is 12.5 Å². The Morgan fingerprint density at radius 2 is 2.21 bits per heavy atom. The summed E-state index contributed by atoms with van der Waals surface area (Å²) in [5.41, 5.74) is 3.92. The highest BCUT2D eigenvalue weighted by Crippen LogP contribution is 2.30. The average Bonchev–Trinajstić information content (AvgIpc) is 3.24. The maximum Gasteiger partial charge on any atom is 0.276 e. The molecule has 1 N–H and O–H groups in total. The summed E-state index contributed by atoms with van der Waals surface area (Å²) in [5.74, 6) is 1.02. The van der Waals surface area contributed by atoms with Crippen LogP contribution in [0, 0.1) is 6.92 Å². The van der Waals surface area contributed by atoms with Crippen molar-refractivity contribution in [3.63, 3.8) is 0 Å². The summed E-state index contributed by atoms with van der Waals surface area (Å²) in [7, 11) is 0. The molecule has 3 aromatic rings. The lowest BCUT2D eigenvalue weighted by Crippen LogP contribution is -2.34. The molecule has 0 spiro atoms. The Bertz CT molecular complexity index is 931. The SMILES string of the molecule is Cc1cc(NC(=O)c2cscn2)nc(C2CCCCN2Cc2ccccn2)n1. The van der Waals surface area contributed by atoms with E-state index in [-0.39, 0.29) is 11.9 Å². The molecule has 3 aromatic heterocycles. The van der Waals surface area contributed by atoms with Gasteiger partial charge in [0, 0.05) is 29.9 Å². The summed E-state index contributed by atoms with van der Waals surface area (Å²) in [4.78, 5) is 32.6. The fraction of sp³-hybridized carbons (Fsp3) is 0.350. The molecule has 0 saturated carbocycles. The van der Waals surface area contributed by atoms with Crippen LogP contribution >= 0.6 is 11.3 Å². The number of anilines is 1. The highest BCUT2D eigenvalue weighted by Gasteiger charge is 2.27. The van der Waals surface area contributed by atoms with Crippen LogP contribution < -0.4 is 5.32 Å². The molecule has 4 heterocycles. The number of hydrogen-bond acceptors (Lipinski definition) is 7. The molecule has 1 unspecified atom stereocenters. The third-order valence-corrected chi connectivity index (χ3v) is 5.37. The number of pyridine rings is 1. The summed E-state index contributed by atoms with van der Waals surface area (Å²) in [6, 6.07) is 7.89. The first kappa shape index (κ1) is 18.6. The summed E-state index contributed by atoms with van der Waals surface area (Å²) < 4.78 is 0. The van der Waals surface area contributed by atoms with Crippen molar-refractivity contribution in [1.82, 2.24) is 24.8 Å². The number of hydrogen-bond donors (Lipinski definition) is 1. The van der Waals surface area contributed by atoms with Gasteiger partial charge in [-0.2, -0.15) is 0 Å². The van der Waals surface area contributed by atoms with Crippen molar-refractivity contribution in [2.24, 2.45) is 0 Å². The van der Waals surface area contributed by atoms with Crippen LogP contribution in [0.3, 0.4) is 0 Å². The van der Waals surface area contributed by atoms with E-state index in [0.717, 1.165) is 49.6 Å². The van der Waals surface area contributed by atoms with Gasteiger partial charge in [-0.25, -0.2) is 15.0 Å². The molecule has 7 nitrogen and oxygen atoms in total. The minimum atomic E-state index is -0.251. The third-order valence-electron chi connectivity index (χ3n) is 4.78. The largest absolute Gasteiger partial charge is 0.305 e. The Kier molecular flexibility index (Phi) is 5.68. The van der Waals surface area contributed by atoms with Crippen LogP contribution in [0.5, 0.6) is 0 Å². The number of thiazole rings is 1. The smallest absolute Gasteiger partial charge is 0.276 e. The minimum Gasteiger partial charge on any atom is -0.305 e. The number of aryl methyl sites for hydroxylation is 1. The van der Waals surface area contributed by atoms with Crippen molar-refractivity contribution in [2.45, 2.75) is 38.8 Å². The van der Waals surface area contributed by atoms with Gasteiger partial charge in [-0.15, -0.1) is 11.3 Å². The Hall–Kier alpha value is -2.71. The molecule has 1 fully saturated rings. The first-order valence-corrected chi connectivity index (χ1v) is 10.3. The zero-order valence-corrected chi connectivity index (χ0v) is 16.5. The predicted octanol–water partition coefficient (Wildman–Crippen LogP) is 3.62. The average molecular weight is 395 g/mol. The summed E-state index contributed by atoms with van der Waals surface area (Å²) >= 11 is 1.39. The van der Waals surface area contributed by atoms with Crippen molar-refractivity contribution in [2.75, 3.05) is 11.9 Å². The van der Waals surface area contributed by atoms with E-state index in [1.54, 1.807) is 17.0 Å². The maximum atomic E-state index is 12.3. The molecule has 1 amide bonds. The zero-order valence-electron chi connectivity index (χ0n) is 15.7. The standard InChI is InChI=1S/C20H22N6OS/c1-14-10-18(25-20(27)16-12-28-13-22-16)24-19(23-14)17-7-3-5-9-26(17)11-15-6-2-4-8-21-15/h2,4,6,8,10,12-13,17H,3,5,7,9,11H2,1H3,(H,23,24,25,27). The monoisotopic (exact) mass is 394 g/mol. The van der Waals surface area contributed by atoms with Gasteiger partial charge >= 0.3 is 0 Å². The zero-order chi connectivity index (χ0) is 19.3. The molecule has 1 atom stereocenters. The first-order chi connectivity index (χ1) is 13.7. The highest BCUT2D eigenvalue weighted by molar-refractivity contribution is 7.07. The topological polar surface area (TPSA) is 83.9 Å². The van der Waals surface area contributed by atoms with Crippen LogP contribution in [-0.2, 0) is 6.54 Å². The lowest BCUT2D eigenvalue weighted by atomic mass is 10.0. The number of aromatic nitrogens is 4. The van der Waals surface area contributed by atoms with E-state index in [4.69, 9.17) is 0 Å². The Labute approximate surface area is 167 Å². The van der Waals surface area contributed by atoms with E-state index in [1.165, 1.54) is 11.3 Å². The Balaban J connectivity index is 1.56. The van der Waals surface area contributed by atoms with Crippen LogP contribution in [0.4, 0.5) is 5.82 Å². The Morgan fingerprint density at radius 1 is 1.29 bits per heavy atom. The third kappa shape index (κ3) is 4.40.